The zero-order valence-electron chi connectivity index (χ0n) is 16.5. The maximum absolute atomic E-state index is 10.6. The van der Waals surface area contributed by atoms with Crippen molar-refractivity contribution in [1.29, 1.82) is 0 Å². The number of para-hydroxylation sites is 1. The molecule has 0 spiro atoms. The Balaban J connectivity index is 0.000000254. The Kier molecular flexibility index (Phi) is 9.53. The lowest BCUT2D eigenvalue weighted by Gasteiger charge is -1.98. The summed E-state index contributed by atoms with van der Waals surface area (Å²) in [5, 5.41) is 42.2. The summed E-state index contributed by atoms with van der Waals surface area (Å²) in [5.74, 6) is -0.833. The van der Waals surface area contributed by atoms with E-state index in [1.54, 1.807) is 6.21 Å². The Morgan fingerprint density at radius 1 is 0.875 bits per heavy atom. The Bertz CT molecular complexity index is 1060. The first kappa shape index (κ1) is 25.3. The second kappa shape index (κ2) is 12.1. The lowest BCUT2D eigenvalue weighted by atomic mass is 10.1. The molecule has 0 fully saturated rings. The van der Waals surface area contributed by atoms with Gasteiger partial charge in [-0.3, -0.25) is 35.0 Å². The number of carboxylic acid groups (broad SMARTS) is 1. The summed E-state index contributed by atoms with van der Waals surface area (Å²) in [6, 6.07) is 10.6. The van der Waals surface area contributed by atoms with Crippen LogP contribution in [0.5, 0.6) is 0 Å². The number of nitro groups is 2. The minimum absolute atomic E-state index is 0.437. The van der Waals surface area contributed by atoms with Crippen molar-refractivity contribution in [3.8, 4) is 0 Å². The van der Waals surface area contributed by atoms with E-state index in [1.807, 2.05) is 24.4 Å². The highest BCUT2D eigenvalue weighted by molar-refractivity contribution is 5.79. The second-order valence-corrected chi connectivity index (χ2v) is 5.90. The molecular formula is C18H17N5O9. The van der Waals surface area contributed by atoms with Crippen LogP contribution in [0, 0.1) is 30.3 Å². The van der Waals surface area contributed by atoms with Crippen molar-refractivity contribution < 1.29 is 30.0 Å². The van der Waals surface area contributed by atoms with Crippen LogP contribution in [0.25, 0.3) is 0 Å². The van der Waals surface area contributed by atoms with Crippen LogP contribution in [0.15, 0.2) is 46.4 Å². The van der Waals surface area contributed by atoms with Gasteiger partial charge in [-0.1, -0.05) is 18.2 Å². The van der Waals surface area contributed by atoms with Crippen molar-refractivity contribution in [2.75, 3.05) is 0 Å². The van der Waals surface area contributed by atoms with Crippen LogP contribution in [0.1, 0.15) is 18.1 Å². The van der Waals surface area contributed by atoms with Crippen LogP contribution in [-0.2, 0) is 17.6 Å². The molecule has 32 heavy (non-hydrogen) atoms. The minimum Gasteiger partial charge on any atom is -0.481 e. The van der Waals surface area contributed by atoms with Crippen molar-refractivity contribution in [3.05, 3.63) is 77.9 Å². The lowest BCUT2D eigenvalue weighted by Crippen LogP contribution is -1.97. The van der Waals surface area contributed by atoms with Gasteiger partial charge < -0.3 is 10.3 Å². The number of hydrogen-bond donors (Lipinski definition) is 2. The number of aliphatic carboxylic acids is 1. The number of rotatable bonds is 2. The van der Waals surface area contributed by atoms with Crippen LogP contribution in [0.2, 0.25) is 0 Å². The van der Waals surface area contributed by atoms with Crippen molar-refractivity contribution in [2.45, 2.75) is 19.8 Å². The molecule has 0 atom stereocenters. The Labute approximate surface area is 179 Å². The summed E-state index contributed by atoms with van der Waals surface area (Å²) < 4.78 is 0. The smallest absolute Gasteiger partial charge is 0.348 e. The number of carboxylic acids is 1. The van der Waals surface area contributed by atoms with E-state index in [1.165, 1.54) is 11.6 Å². The van der Waals surface area contributed by atoms with Crippen molar-refractivity contribution in [3.63, 3.8) is 0 Å². The molecule has 4 rings (SSSR count). The second-order valence-electron chi connectivity index (χ2n) is 5.90. The molecule has 2 aliphatic heterocycles. The van der Waals surface area contributed by atoms with Gasteiger partial charge in [-0.2, -0.15) is 0 Å². The van der Waals surface area contributed by atoms with Gasteiger partial charge in [0.05, 0.1) is 21.2 Å². The third-order valence-corrected chi connectivity index (χ3v) is 3.64. The van der Waals surface area contributed by atoms with Gasteiger partial charge in [0.2, 0.25) is 0 Å². The maximum Gasteiger partial charge on any atom is 0.348 e. The molecule has 0 amide bonds. The molecule has 0 radical (unpaired) electrons. The number of carbonyl (C=O) groups is 1. The molecule has 0 aliphatic carbocycles. The van der Waals surface area contributed by atoms with Crippen LogP contribution in [0.3, 0.4) is 0 Å². The molecule has 14 nitrogen and oxygen atoms in total. The summed E-state index contributed by atoms with van der Waals surface area (Å²) in [5.41, 5.74) is 2.57. The SMILES string of the molecule is C1=Nc2ccccc2C1.CC(=O)O.O=[N+]([O-])O.O=[N+]([O-])c1cc2c(cc1[N+](=O)[O-])N=CC2. The van der Waals surface area contributed by atoms with Crippen LogP contribution < -0.4 is 0 Å². The normalized spacial score (nSPS) is 11.3. The van der Waals surface area contributed by atoms with Crippen molar-refractivity contribution in [2.24, 2.45) is 9.98 Å². The third kappa shape index (κ3) is 8.32. The Hall–Kier alpha value is -4.75. The van der Waals surface area contributed by atoms with Gasteiger partial charge in [0, 0.05) is 44.3 Å². The summed E-state index contributed by atoms with van der Waals surface area (Å²) in [4.78, 5) is 45.1. The first-order valence-corrected chi connectivity index (χ1v) is 8.64. The van der Waals surface area contributed by atoms with E-state index in [-0.39, 0.29) is 0 Å². The molecule has 2 aromatic carbocycles. The Morgan fingerprint density at radius 3 is 1.81 bits per heavy atom. The first-order valence-electron chi connectivity index (χ1n) is 8.64. The maximum atomic E-state index is 10.6. The number of nitrogens with zero attached hydrogens (tertiary/aromatic N) is 5. The topological polar surface area (TPSA) is 212 Å². The molecule has 0 saturated carbocycles. The number of fused-ring (bicyclic) bond motifs is 2. The average Bonchev–Trinajstić information content (AvgIpc) is 3.35. The monoisotopic (exact) mass is 447 g/mol. The number of aliphatic imine (C=N–C) groups is 2. The summed E-state index contributed by atoms with van der Waals surface area (Å²) in [7, 11) is 0. The first-order chi connectivity index (χ1) is 15.0. The molecule has 0 aromatic heterocycles. The van der Waals surface area contributed by atoms with Gasteiger partial charge in [-0.25, -0.2) is 0 Å². The molecule has 2 heterocycles. The van der Waals surface area contributed by atoms with Gasteiger partial charge in [-0.05, 0) is 17.2 Å². The van der Waals surface area contributed by atoms with Crippen LogP contribution in [-0.4, -0.2) is 43.6 Å². The summed E-state index contributed by atoms with van der Waals surface area (Å²) in [6.45, 7) is 1.08. The quantitative estimate of drug-likeness (QED) is 0.508. The van der Waals surface area contributed by atoms with E-state index in [2.05, 4.69) is 16.1 Å². The molecule has 0 saturated heterocycles. The molecule has 2 aromatic rings. The molecular weight excluding hydrogens is 430 g/mol. The molecule has 2 aliphatic rings. The fourth-order valence-corrected chi connectivity index (χ4v) is 2.48. The summed E-state index contributed by atoms with van der Waals surface area (Å²) >= 11 is 0. The van der Waals surface area contributed by atoms with Crippen LogP contribution in [0.4, 0.5) is 22.7 Å². The van der Waals surface area contributed by atoms with E-state index in [0.29, 0.717) is 17.7 Å². The van der Waals surface area contributed by atoms with E-state index in [0.717, 1.165) is 25.1 Å². The zero-order chi connectivity index (χ0) is 24.3. The van der Waals surface area contributed by atoms with E-state index in [9.17, 15) is 20.2 Å². The van der Waals surface area contributed by atoms with Crippen molar-refractivity contribution in [1.82, 2.24) is 0 Å². The average molecular weight is 447 g/mol. The minimum atomic E-state index is -1.50. The predicted molar refractivity (Wildman–Crippen MR) is 112 cm³/mol. The van der Waals surface area contributed by atoms with E-state index < -0.39 is 32.3 Å². The van der Waals surface area contributed by atoms with Crippen LogP contribution >= 0.6 is 0 Å². The van der Waals surface area contributed by atoms with Gasteiger partial charge in [-0.15, -0.1) is 10.1 Å². The fourth-order valence-electron chi connectivity index (χ4n) is 2.48. The number of nitro benzene ring substituents is 2. The van der Waals surface area contributed by atoms with E-state index in [4.69, 9.17) is 25.2 Å². The zero-order valence-corrected chi connectivity index (χ0v) is 16.5. The Morgan fingerprint density at radius 2 is 1.31 bits per heavy atom. The third-order valence-electron chi connectivity index (χ3n) is 3.64. The molecule has 0 unspecified atom stereocenters. The molecule has 0 bridgehead atoms. The highest BCUT2D eigenvalue weighted by Crippen LogP contribution is 2.36. The number of hydrogen-bond acceptors (Lipinski definition) is 9. The largest absolute Gasteiger partial charge is 0.481 e. The highest BCUT2D eigenvalue weighted by Gasteiger charge is 2.27. The molecule has 14 heteroatoms. The van der Waals surface area contributed by atoms with Gasteiger partial charge in [0.1, 0.15) is 0 Å². The van der Waals surface area contributed by atoms with E-state index >= 15 is 0 Å². The highest BCUT2D eigenvalue weighted by atomic mass is 16.9. The fraction of sp³-hybridized carbons (Fsp3) is 0.167. The predicted octanol–water partition coefficient (Wildman–Crippen LogP) is 3.45. The van der Waals surface area contributed by atoms with Crippen molar-refractivity contribution >= 4 is 41.1 Å². The lowest BCUT2D eigenvalue weighted by molar-refractivity contribution is -0.742. The van der Waals surface area contributed by atoms with Gasteiger partial charge >= 0.3 is 11.4 Å². The standard InChI is InChI=1S/C8H5N3O4.C8H7N.C2H4O2.HNO3/c12-10(13)7-3-5-1-2-9-6(5)4-8(7)11(14)15;1-2-4-8-7(3-1)5-6-9-8;1-2(3)4;2-1(3)4/h2-4H,1H2;1-4,6H,5H2;1H3,(H,3,4);(H,2,3,4). The van der Waals surface area contributed by atoms with Gasteiger partial charge in [0.25, 0.3) is 11.1 Å². The summed E-state index contributed by atoms with van der Waals surface area (Å²) in [6.07, 6.45) is 5.01. The molecule has 2 N–H and O–H groups in total. The molecule has 168 valence electrons. The van der Waals surface area contributed by atoms with Gasteiger partial charge in [0.15, 0.2) is 0 Å². The number of benzene rings is 2.